The van der Waals surface area contributed by atoms with E-state index in [1.54, 1.807) is 24.8 Å². The van der Waals surface area contributed by atoms with Crippen LogP contribution in [0.4, 0.5) is 0 Å². The molecule has 0 saturated carbocycles. The normalized spacial score (nSPS) is 10.0. The van der Waals surface area contributed by atoms with Crippen molar-refractivity contribution in [3.8, 4) is 11.8 Å². The molecule has 68 valence electrons. The summed E-state index contributed by atoms with van der Waals surface area (Å²) in [7, 11) is 1.59. The molecule has 0 aromatic carbocycles. The van der Waals surface area contributed by atoms with Gasteiger partial charge in [0, 0.05) is 4.47 Å². The molecule has 0 aliphatic heterocycles. The second-order valence-electron chi connectivity index (χ2n) is 2.69. The summed E-state index contributed by atoms with van der Waals surface area (Å²) in [5, 5.41) is 12.9. The van der Waals surface area contributed by atoms with E-state index in [2.05, 4.69) is 27.1 Å². The van der Waals surface area contributed by atoms with Crippen LogP contribution in [-0.4, -0.2) is 17.7 Å². The summed E-state index contributed by atoms with van der Waals surface area (Å²) < 4.78 is 7.48. The molecule has 0 bridgehead atoms. The van der Waals surface area contributed by atoms with Crippen LogP contribution in [0.3, 0.4) is 0 Å². The molecule has 0 N–H and O–H groups in total. The first-order chi connectivity index (χ1) is 6.76. The van der Waals surface area contributed by atoms with Gasteiger partial charge < -0.3 is 4.65 Å². The molecule has 0 fully saturated rings. The van der Waals surface area contributed by atoms with E-state index < -0.39 is 0 Å². The first-order valence-electron chi connectivity index (χ1n) is 3.87. The highest BCUT2D eigenvalue weighted by molar-refractivity contribution is 9.10. The minimum Gasteiger partial charge on any atom is -0.567 e. The fourth-order valence-electron chi connectivity index (χ4n) is 1.24. The summed E-state index contributed by atoms with van der Waals surface area (Å²) >= 11 is 3.37. The van der Waals surface area contributed by atoms with Gasteiger partial charge in [0.15, 0.2) is 0 Å². The summed E-state index contributed by atoms with van der Waals surface area (Å²) in [5.74, 6) is 0.692. The summed E-state index contributed by atoms with van der Waals surface area (Å²) in [6.07, 6.45) is 3.25. The number of aromatic nitrogens is 2. The predicted molar refractivity (Wildman–Crippen MR) is 56.8 cm³/mol. The lowest BCUT2D eigenvalue weighted by molar-refractivity contribution is 0.607. The fourth-order valence-corrected chi connectivity index (χ4v) is 1.86. The van der Waals surface area contributed by atoms with Crippen molar-refractivity contribution in [2.75, 3.05) is 0 Å². The highest BCUT2D eigenvalue weighted by Crippen LogP contribution is 2.25. The Morgan fingerprint density at radius 1 is 1.64 bits per heavy atom. The minimum atomic E-state index is 0.541. The van der Waals surface area contributed by atoms with Crippen LogP contribution in [0, 0.1) is 11.3 Å². The van der Waals surface area contributed by atoms with Crippen LogP contribution in [0.5, 0.6) is 5.75 Å². The molecule has 14 heavy (non-hydrogen) atoms. The molecular weight excluding hydrogens is 245 g/mol. The van der Waals surface area contributed by atoms with Crippen molar-refractivity contribution in [2.24, 2.45) is 0 Å². The van der Waals surface area contributed by atoms with Crippen molar-refractivity contribution < 1.29 is 4.65 Å². The molecule has 0 spiro atoms. The molecule has 4 nitrogen and oxygen atoms in total. The largest absolute Gasteiger partial charge is 0.567 e. The third-order valence-electron chi connectivity index (χ3n) is 1.90. The van der Waals surface area contributed by atoms with Crippen molar-refractivity contribution in [1.29, 1.82) is 5.26 Å². The fraction of sp³-hybridized carbons (Fsp3) is 0. The van der Waals surface area contributed by atoms with Crippen LogP contribution in [-0.2, 0) is 0 Å². The maximum atomic E-state index is 8.82. The molecule has 0 radical (unpaired) electrons. The highest BCUT2D eigenvalue weighted by Gasteiger charge is 2.08. The van der Waals surface area contributed by atoms with E-state index in [-0.39, 0.29) is 0 Å². The Balaban J connectivity index is 2.80. The van der Waals surface area contributed by atoms with Gasteiger partial charge >= 0.3 is 8.05 Å². The lowest BCUT2D eigenvalue weighted by atomic mass is 10.3. The molecule has 0 amide bonds. The van der Waals surface area contributed by atoms with Crippen molar-refractivity contribution in [3.63, 3.8) is 0 Å². The predicted octanol–water partition coefficient (Wildman–Crippen LogP) is 0.895. The van der Waals surface area contributed by atoms with Gasteiger partial charge in [-0.05, 0) is 22.0 Å². The zero-order chi connectivity index (χ0) is 10.1. The summed E-state index contributed by atoms with van der Waals surface area (Å²) in [5.41, 5.74) is 1.30. The van der Waals surface area contributed by atoms with Gasteiger partial charge in [-0.3, -0.25) is 0 Å². The van der Waals surface area contributed by atoms with E-state index in [1.807, 2.05) is 0 Å². The topological polar surface area (TPSA) is 50.3 Å². The first-order valence-corrected chi connectivity index (χ1v) is 4.66. The maximum absolute atomic E-state index is 8.82. The minimum absolute atomic E-state index is 0.541. The Morgan fingerprint density at radius 3 is 3.07 bits per heavy atom. The summed E-state index contributed by atoms with van der Waals surface area (Å²) in [6.45, 7) is 0. The Hall–Kier alpha value is -1.48. The van der Waals surface area contributed by atoms with Gasteiger partial charge in [0.1, 0.15) is 11.8 Å². The molecule has 2 rings (SSSR count). The monoisotopic (exact) mass is 249 g/mol. The Labute approximate surface area is 89.7 Å². The molecule has 0 aliphatic rings. The number of hydrogen-bond acceptors (Lipinski definition) is 3. The highest BCUT2D eigenvalue weighted by atomic mass is 79.9. The molecule has 0 unspecified atom stereocenters. The van der Waals surface area contributed by atoms with Crippen LogP contribution in [0.25, 0.3) is 5.52 Å². The van der Waals surface area contributed by atoms with Gasteiger partial charge in [0.25, 0.3) is 0 Å². The van der Waals surface area contributed by atoms with E-state index in [9.17, 15) is 0 Å². The number of rotatable bonds is 1. The molecule has 0 saturated heterocycles. The Bertz CT molecular complexity index is 531. The molecule has 6 heteroatoms. The van der Waals surface area contributed by atoms with Crippen molar-refractivity contribution in [3.05, 3.63) is 28.5 Å². The third-order valence-corrected chi connectivity index (χ3v) is 2.50. The molecule has 2 aromatic rings. The smallest absolute Gasteiger partial charge is 0.322 e. The van der Waals surface area contributed by atoms with Crippen LogP contribution < -0.4 is 4.65 Å². The van der Waals surface area contributed by atoms with Gasteiger partial charge in [0.2, 0.25) is 0 Å². The van der Waals surface area contributed by atoms with E-state index in [1.165, 1.54) is 6.20 Å². The number of fused-ring (bicyclic) bond motifs is 1. The average molecular weight is 250 g/mol. The lowest BCUT2D eigenvalue weighted by Crippen LogP contribution is -1.92. The van der Waals surface area contributed by atoms with Crippen molar-refractivity contribution >= 4 is 29.5 Å². The standard InChI is InChI=1S/C8H5BBrN3O/c9-14-6-1-7(10)8-5(2-11)3-12-13(8)4-6/h1,3-4H,9H2. The third kappa shape index (κ3) is 1.26. The van der Waals surface area contributed by atoms with E-state index in [4.69, 9.17) is 9.92 Å². The Kier molecular flexibility index (Phi) is 2.18. The number of hydrogen-bond donors (Lipinski definition) is 0. The molecule has 0 aliphatic carbocycles. The van der Waals surface area contributed by atoms with Crippen LogP contribution >= 0.6 is 15.9 Å². The van der Waals surface area contributed by atoms with Gasteiger partial charge in [0.05, 0.1) is 23.5 Å². The van der Waals surface area contributed by atoms with Crippen LogP contribution in [0.1, 0.15) is 5.56 Å². The zero-order valence-corrected chi connectivity index (χ0v) is 8.95. The Morgan fingerprint density at radius 2 is 2.43 bits per heavy atom. The van der Waals surface area contributed by atoms with Crippen molar-refractivity contribution in [2.45, 2.75) is 0 Å². The summed E-state index contributed by atoms with van der Waals surface area (Å²) in [6, 6.07) is 3.88. The van der Waals surface area contributed by atoms with Gasteiger partial charge in [-0.2, -0.15) is 10.4 Å². The van der Waals surface area contributed by atoms with E-state index in [0.29, 0.717) is 11.3 Å². The molecule has 2 aromatic heterocycles. The maximum Gasteiger partial charge on any atom is 0.322 e. The molecule has 0 atom stereocenters. The zero-order valence-electron chi connectivity index (χ0n) is 7.36. The second-order valence-corrected chi connectivity index (χ2v) is 3.55. The molecule has 2 heterocycles. The SMILES string of the molecule is BOc1cc(Br)c2c(C#N)cnn2c1. The van der Waals surface area contributed by atoms with Crippen LogP contribution in [0.2, 0.25) is 0 Å². The number of nitrogens with zero attached hydrogens (tertiary/aromatic N) is 3. The quantitative estimate of drug-likeness (QED) is 0.706. The number of nitriles is 1. The molecular formula is C8H5BBrN3O. The summed E-state index contributed by atoms with van der Waals surface area (Å²) in [4.78, 5) is 0. The van der Waals surface area contributed by atoms with Crippen molar-refractivity contribution in [1.82, 2.24) is 9.61 Å². The number of pyridine rings is 1. The van der Waals surface area contributed by atoms with Crippen LogP contribution in [0.15, 0.2) is 22.9 Å². The van der Waals surface area contributed by atoms with Gasteiger partial charge in [-0.1, -0.05) is 0 Å². The first kappa shape index (κ1) is 9.09. The number of halogens is 1. The second kappa shape index (κ2) is 3.35. The lowest BCUT2D eigenvalue weighted by Gasteiger charge is -2.03. The van der Waals surface area contributed by atoms with Gasteiger partial charge in [-0.25, -0.2) is 4.52 Å². The van der Waals surface area contributed by atoms with E-state index >= 15 is 0 Å². The average Bonchev–Trinajstić information content (AvgIpc) is 2.61. The van der Waals surface area contributed by atoms with E-state index in [0.717, 1.165) is 9.99 Å². The van der Waals surface area contributed by atoms with Gasteiger partial charge in [-0.15, -0.1) is 0 Å².